The van der Waals surface area contributed by atoms with E-state index in [-0.39, 0.29) is 47.8 Å². The first-order valence-corrected chi connectivity index (χ1v) is 27.2. The van der Waals surface area contributed by atoms with Gasteiger partial charge in [-0.05, 0) is 25.1 Å². The number of aliphatic hydroxyl groups is 1. The van der Waals surface area contributed by atoms with Crippen LogP contribution in [0.5, 0.6) is 0 Å². The summed E-state index contributed by atoms with van der Waals surface area (Å²) in [7, 11) is -8.30. The van der Waals surface area contributed by atoms with E-state index in [4.69, 9.17) is 37.0 Å². The minimum absolute atomic E-state index is 0.00607. The van der Waals surface area contributed by atoms with Gasteiger partial charge < -0.3 is 47.5 Å². The van der Waals surface area contributed by atoms with Crippen molar-refractivity contribution in [3.63, 3.8) is 0 Å². The van der Waals surface area contributed by atoms with Gasteiger partial charge in [-0.1, -0.05) is 32.0 Å². The number of aromatic nitrogens is 8. The zero-order chi connectivity index (χ0) is 53.2. The minimum Gasteiger partial charge on any atom is -0.460 e. The fourth-order valence-corrected chi connectivity index (χ4v) is 10.7. The molecule has 398 valence electrons. The molecule has 8 rings (SSSR count). The number of carbonyl (C=O) groups is 3. The number of rotatable bonds is 19. The molecule has 0 aliphatic carbocycles. The maximum absolute atomic E-state index is 14.2. The Bertz CT molecular complexity index is 3250. The third-order valence-corrected chi connectivity index (χ3v) is 14.6. The summed E-state index contributed by atoms with van der Waals surface area (Å²) in [5, 5.41) is 15.3. The van der Waals surface area contributed by atoms with Gasteiger partial charge >= 0.3 is 32.5 Å². The molecule has 30 heteroatoms. The van der Waals surface area contributed by atoms with Crippen molar-refractivity contribution in [3.05, 3.63) is 108 Å². The Balaban J connectivity index is 0.939. The van der Waals surface area contributed by atoms with Crippen LogP contribution in [0, 0.1) is 12.8 Å². The van der Waals surface area contributed by atoms with Crippen molar-refractivity contribution in [2.24, 2.45) is 5.92 Å². The van der Waals surface area contributed by atoms with Crippen LogP contribution in [0.2, 0.25) is 0 Å². The lowest BCUT2D eigenvalue weighted by molar-refractivity contribution is -0.150. The normalized spacial score (nSPS) is 25.4. The highest BCUT2D eigenvalue weighted by atomic mass is 31.2. The second-order valence-electron chi connectivity index (χ2n) is 18.0. The number of fused-ring (bicyclic) bond motifs is 1. The molecule has 0 radical (unpaired) electrons. The van der Waals surface area contributed by atoms with E-state index in [1.54, 1.807) is 44.2 Å². The summed E-state index contributed by atoms with van der Waals surface area (Å²) in [5.41, 5.74) is -2.40. The van der Waals surface area contributed by atoms with Crippen LogP contribution in [0.25, 0.3) is 11.2 Å². The Morgan fingerprint density at radius 1 is 0.797 bits per heavy atom. The van der Waals surface area contributed by atoms with Crippen molar-refractivity contribution in [3.8, 4) is 0 Å². The van der Waals surface area contributed by atoms with E-state index in [9.17, 15) is 47.8 Å². The lowest BCUT2D eigenvalue weighted by Gasteiger charge is -2.26. The standard InChI is InChI=1S/C44H54N10O18P2/c1-22(2)38(57)49-42-48-37-36(41(60)50-42)45-21-54(37)35-14-26(67-24(4)56)30(69-35)19-65-74(6,64)72-28-16-34(53-17-23(3)39(58)51-44(53)62)70-31(28)20-66-73(5,63)71-27-15-33(68-29(27)18-55)52-13-12-32(47-43(52)61)46-40(59)25-10-8-7-9-11-25/h7-13,17,21-22,26-31,33-35,55H,14-16,18-20H2,1-6H3,(H,51,58,62)(H,46,47,59,61)(H2,48,49,50,57,60)/t26-,27-,28-,29+,30+,31+,33+,34+,35+,73-,74-/m0/s1. The van der Waals surface area contributed by atoms with Gasteiger partial charge in [-0.25, -0.2) is 14.6 Å². The molecule has 28 nitrogen and oxygen atoms in total. The van der Waals surface area contributed by atoms with E-state index in [0.29, 0.717) is 5.56 Å². The molecule has 5 aromatic rings. The number of anilines is 2. The molecule has 5 N–H and O–H groups in total. The number of aliphatic hydroxyl groups excluding tert-OH is 1. The highest BCUT2D eigenvalue weighted by Crippen LogP contribution is 2.52. The summed E-state index contributed by atoms with van der Waals surface area (Å²) in [4.78, 5) is 106. The summed E-state index contributed by atoms with van der Waals surface area (Å²) >= 11 is 0. The number of hydrogen-bond acceptors (Lipinski definition) is 21. The molecule has 11 atom stereocenters. The van der Waals surface area contributed by atoms with Crippen LogP contribution in [0.1, 0.15) is 74.6 Å². The Morgan fingerprint density at radius 2 is 1.39 bits per heavy atom. The van der Waals surface area contributed by atoms with Crippen molar-refractivity contribution >= 4 is 55.9 Å². The number of nitrogens with zero attached hydrogens (tertiary/aromatic N) is 6. The van der Waals surface area contributed by atoms with Gasteiger partial charge in [-0.15, -0.1) is 0 Å². The number of benzene rings is 1. The largest absolute Gasteiger partial charge is 0.460 e. The number of esters is 1. The molecule has 0 unspecified atom stereocenters. The summed E-state index contributed by atoms with van der Waals surface area (Å²) in [6, 6.07) is 9.68. The van der Waals surface area contributed by atoms with Gasteiger partial charge in [-0.3, -0.25) is 62.1 Å². The van der Waals surface area contributed by atoms with Crippen LogP contribution in [0.3, 0.4) is 0 Å². The molecule has 74 heavy (non-hydrogen) atoms. The highest BCUT2D eigenvalue weighted by molar-refractivity contribution is 7.53. The average Bonchev–Trinajstić information content (AvgIpc) is 4.14. The smallest absolute Gasteiger partial charge is 0.351 e. The van der Waals surface area contributed by atoms with Crippen LogP contribution in [-0.4, -0.2) is 131 Å². The second kappa shape index (κ2) is 22.3. The van der Waals surface area contributed by atoms with Crippen molar-refractivity contribution in [2.45, 2.75) is 102 Å². The fraction of sp³-hybridized carbons (Fsp3) is 0.500. The predicted octanol–water partition coefficient (Wildman–Crippen LogP) is 2.32. The summed E-state index contributed by atoms with van der Waals surface area (Å²) in [5.74, 6) is -2.12. The van der Waals surface area contributed by atoms with E-state index in [1.807, 2.05) is 0 Å². The van der Waals surface area contributed by atoms with Crippen molar-refractivity contribution in [1.82, 2.24) is 38.6 Å². The number of ether oxygens (including phenoxy) is 4. The van der Waals surface area contributed by atoms with E-state index >= 15 is 0 Å². The quantitative estimate of drug-likeness (QED) is 0.0585. The predicted molar refractivity (Wildman–Crippen MR) is 258 cm³/mol. The lowest BCUT2D eigenvalue weighted by atomic mass is 10.2. The highest BCUT2D eigenvalue weighted by Gasteiger charge is 2.46. The Morgan fingerprint density at radius 3 is 2.01 bits per heavy atom. The molecule has 7 heterocycles. The number of hydrogen-bond donors (Lipinski definition) is 5. The zero-order valence-electron chi connectivity index (χ0n) is 40.7. The van der Waals surface area contributed by atoms with E-state index in [2.05, 4.69) is 35.6 Å². The van der Waals surface area contributed by atoms with Crippen LogP contribution >= 0.6 is 15.2 Å². The molecule has 1 aromatic carbocycles. The van der Waals surface area contributed by atoms with Crippen LogP contribution in [0.4, 0.5) is 11.8 Å². The number of aromatic amines is 2. The maximum Gasteiger partial charge on any atom is 0.351 e. The third-order valence-electron chi connectivity index (χ3n) is 12.0. The van der Waals surface area contributed by atoms with Gasteiger partial charge in [0.15, 0.2) is 11.2 Å². The molecule has 3 aliphatic rings. The first kappa shape index (κ1) is 54.0. The number of nitrogens with one attached hydrogen (secondary N) is 4. The molecule has 3 fully saturated rings. The molecule has 3 aliphatic heterocycles. The number of H-pyrrole nitrogens is 2. The van der Waals surface area contributed by atoms with Gasteiger partial charge in [0, 0.05) is 69.0 Å². The van der Waals surface area contributed by atoms with Crippen LogP contribution in [0.15, 0.2) is 74.3 Å². The number of amides is 2. The molecule has 4 aromatic heterocycles. The summed E-state index contributed by atoms with van der Waals surface area (Å²) in [6.45, 7) is 6.66. The monoisotopic (exact) mass is 1070 g/mol. The van der Waals surface area contributed by atoms with E-state index in [0.717, 1.165) is 22.5 Å². The molecule has 3 saturated heterocycles. The number of aryl methyl sites for hydroxylation is 1. The second-order valence-corrected chi connectivity index (χ2v) is 22.1. The molecule has 0 spiro atoms. The average molecular weight is 1070 g/mol. The first-order chi connectivity index (χ1) is 35.1. The summed E-state index contributed by atoms with van der Waals surface area (Å²) < 4.78 is 79.3. The molecule has 2 amide bonds. The van der Waals surface area contributed by atoms with Gasteiger partial charge in [0.05, 0.1) is 38.4 Å². The SMILES string of the molecule is CC(=O)O[C@H]1C[C@H](n2cnc3c(=O)[nH]c(NC(=O)C(C)C)nc32)O[C@@H]1CO[P@](C)(=O)O[C@H]1C[C@H](n2cc(C)c(=O)[nH]c2=O)O[C@@H]1CO[P@](C)(=O)O[C@H]1C[C@H](n2ccc(NC(=O)c3ccccc3)nc2=O)O[C@@H]1CO. The topological polar surface area (TPSA) is 357 Å². The van der Waals surface area contributed by atoms with Crippen LogP contribution < -0.4 is 33.1 Å². The van der Waals surface area contributed by atoms with Crippen molar-refractivity contribution < 1.29 is 65.7 Å². The van der Waals surface area contributed by atoms with Gasteiger partial charge in [0.2, 0.25) is 11.9 Å². The Hall–Kier alpha value is -6.32. The lowest BCUT2D eigenvalue weighted by Crippen LogP contribution is -2.33. The maximum atomic E-state index is 14.2. The van der Waals surface area contributed by atoms with Gasteiger partial charge in [-0.2, -0.15) is 9.97 Å². The number of imidazole rings is 1. The van der Waals surface area contributed by atoms with Crippen molar-refractivity contribution in [2.75, 3.05) is 43.8 Å². The first-order valence-electron chi connectivity index (χ1n) is 23.2. The molecule has 0 saturated carbocycles. The minimum atomic E-state index is -4.18. The zero-order valence-corrected chi connectivity index (χ0v) is 42.5. The van der Waals surface area contributed by atoms with Crippen LogP contribution in [-0.2, 0) is 55.8 Å². The third kappa shape index (κ3) is 12.6. The number of carbonyl (C=O) groups excluding carboxylic acids is 3. The van der Waals surface area contributed by atoms with E-state index < -0.39 is 137 Å². The molecular formula is C44H54N10O18P2. The summed E-state index contributed by atoms with van der Waals surface area (Å²) in [6.07, 6.45) is -6.13. The molecular weight excluding hydrogens is 1020 g/mol. The van der Waals surface area contributed by atoms with Crippen molar-refractivity contribution in [1.29, 1.82) is 0 Å². The molecule has 0 bridgehead atoms. The van der Waals surface area contributed by atoms with E-state index in [1.165, 1.54) is 43.2 Å². The Kier molecular flexibility index (Phi) is 16.2. The fourth-order valence-electron chi connectivity index (χ4n) is 8.34. The Labute approximate surface area is 419 Å². The van der Waals surface area contributed by atoms with Gasteiger partial charge in [0.1, 0.15) is 48.9 Å². The van der Waals surface area contributed by atoms with Gasteiger partial charge in [0.25, 0.3) is 17.0 Å².